The Morgan fingerprint density at radius 2 is 1.28 bits per heavy atom. The van der Waals surface area contributed by atoms with Gasteiger partial charge in [-0.2, -0.15) is 9.97 Å². The van der Waals surface area contributed by atoms with Gasteiger partial charge in [-0.3, -0.25) is 0 Å². The molecule has 0 saturated heterocycles. The highest BCUT2D eigenvalue weighted by atomic mass is 32.2. The summed E-state index contributed by atoms with van der Waals surface area (Å²) in [5.74, 6) is 3.51. The number of aromatic nitrogens is 6. The summed E-state index contributed by atoms with van der Waals surface area (Å²) in [5.41, 5.74) is 0. The first kappa shape index (κ1) is 18.9. The second-order valence-electron chi connectivity index (χ2n) is 5.40. The quantitative estimate of drug-likeness (QED) is 0.271. The van der Waals surface area contributed by atoms with Gasteiger partial charge in [-0.1, -0.05) is 57.3 Å². The Morgan fingerprint density at radius 3 is 1.72 bits per heavy atom. The first-order valence-electron chi connectivity index (χ1n) is 8.15. The van der Waals surface area contributed by atoms with Crippen molar-refractivity contribution in [3.8, 4) is 21.5 Å². The maximum Gasteiger partial charge on any atom is 0.268 e. The van der Waals surface area contributed by atoms with Crippen molar-refractivity contribution in [3.63, 3.8) is 0 Å². The van der Waals surface area contributed by atoms with Crippen molar-refractivity contribution in [3.05, 3.63) is 46.7 Å². The second kappa shape index (κ2) is 8.75. The smallest absolute Gasteiger partial charge is 0.268 e. The van der Waals surface area contributed by atoms with Crippen LogP contribution in [0.15, 0.2) is 52.8 Å². The van der Waals surface area contributed by atoms with E-state index < -0.39 is 0 Å². The predicted molar refractivity (Wildman–Crippen MR) is 114 cm³/mol. The van der Waals surface area contributed by atoms with Gasteiger partial charge in [0, 0.05) is 0 Å². The third-order valence-corrected chi connectivity index (χ3v) is 8.34. The molecule has 29 heavy (non-hydrogen) atoms. The first-order valence-corrected chi connectivity index (χ1v) is 12.7. The third kappa shape index (κ3) is 4.59. The molecular formula is C16H10N6O2S5. The number of thioether (sulfide) groups is 2. The highest BCUT2D eigenvalue weighted by molar-refractivity contribution is 8.02. The lowest BCUT2D eigenvalue weighted by Gasteiger charge is -1.90. The normalized spacial score (nSPS) is 11.3. The maximum absolute atomic E-state index is 5.30. The zero-order valence-electron chi connectivity index (χ0n) is 14.4. The third-order valence-electron chi connectivity index (χ3n) is 3.44. The van der Waals surface area contributed by atoms with Gasteiger partial charge in [0.1, 0.15) is 0 Å². The van der Waals surface area contributed by atoms with Crippen LogP contribution < -0.4 is 0 Å². The van der Waals surface area contributed by atoms with E-state index in [0.717, 1.165) is 18.4 Å². The van der Waals surface area contributed by atoms with Crippen LogP contribution >= 0.6 is 57.5 Å². The highest BCUT2D eigenvalue weighted by Crippen LogP contribution is 2.32. The van der Waals surface area contributed by atoms with Crippen molar-refractivity contribution in [1.29, 1.82) is 0 Å². The Morgan fingerprint density at radius 1 is 0.759 bits per heavy atom. The van der Waals surface area contributed by atoms with Crippen LogP contribution in [0.3, 0.4) is 0 Å². The molecule has 146 valence electrons. The monoisotopic (exact) mass is 478 g/mol. The van der Waals surface area contributed by atoms with Gasteiger partial charge in [0.05, 0.1) is 21.3 Å². The SMILES string of the molecule is c1csc(-c2nc(CSc3nnc(SCc4noc(-c5cccs5)n4)s3)no2)c1. The lowest BCUT2D eigenvalue weighted by Crippen LogP contribution is -1.83. The van der Waals surface area contributed by atoms with Crippen LogP contribution in [0.25, 0.3) is 21.5 Å². The Kier molecular flexibility index (Phi) is 5.71. The van der Waals surface area contributed by atoms with Crippen molar-refractivity contribution in [2.75, 3.05) is 0 Å². The fourth-order valence-corrected chi connectivity index (χ4v) is 6.19. The average molecular weight is 479 g/mol. The van der Waals surface area contributed by atoms with E-state index in [1.165, 1.54) is 34.9 Å². The van der Waals surface area contributed by atoms with Gasteiger partial charge in [-0.05, 0) is 22.9 Å². The summed E-state index contributed by atoms with van der Waals surface area (Å²) in [4.78, 5) is 10.8. The number of hydrogen-bond acceptors (Lipinski definition) is 13. The number of hydrogen-bond donors (Lipinski definition) is 0. The molecular weight excluding hydrogens is 469 g/mol. The number of rotatable bonds is 8. The molecule has 0 aromatic carbocycles. The highest BCUT2D eigenvalue weighted by Gasteiger charge is 2.14. The molecule has 5 rings (SSSR count). The lowest BCUT2D eigenvalue weighted by atomic mass is 10.5. The van der Waals surface area contributed by atoms with Crippen LogP contribution in [0.5, 0.6) is 0 Å². The molecule has 0 bridgehead atoms. The summed E-state index contributed by atoms with van der Waals surface area (Å²) in [5, 5.41) is 20.4. The van der Waals surface area contributed by atoms with E-state index in [0.29, 0.717) is 34.9 Å². The average Bonchev–Trinajstić information content (AvgIpc) is 3.55. The van der Waals surface area contributed by atoms with Crippen molar-refractivity contribution in [2.24, 2.45) is 0 Å². The van der Waals surface area contributed by atoms with E-state index in [2.05, 4.69) is 30.5 Å². The standard InChI is InChI=1S/C16H10N6O2S5/c1-3-9(25-5-1)13-17-11(21-23-13)7-27-15-19-20-16(29-15)28-8-12-18-14(24-22-12)10-4-2-6-26-10/h1-6H,7-8H2. The summed E-state index contributed by atoms with van der Waals surface area (Å²) < 4.78 is 12.3. The molecule has 0 radical (unpaired) electrons. The van der Waals surface area contributed by atoms with Crippen LogP contribution in [0.2, 0.25) is 0 Å². The van der Waals surface area contributed by atoms with Crippen molar-refractivity contribution in [1.82, 2.24) is 30.5 Å². The van der Waals surface area contributed by atoms with E-state index in [1.54, 1.807) is 22.7 Å². The molecule has 0 atom stereocenters. The fourth-order valence-electron chi connectivity index (χ4n) is 2.19. The molecule has 5 heterocycles. The maximum atomic E-state index is 5.30. The number of thiophene rings is 2. The Bertz CT molecular complexity index is 1090. The van der Waals surface area contributed by atoms with Gasteiger partial charge in [0.15, 0.2) is 20.3 Å². The predicted octanol–water partition coefficient (Wildman–Crippen LogP) is 5.35. The van der Waals surface area contributed by atoms with Crippen molar-refractivity contribution < 1.29 is 9.05 Å². The molecule has 0 fully saturated rings. The molecule has 0 unspecified atom stereocenters. The molecule has 8 nitrogen and oxygen atoms in total. The van der Waals surface area contributed by atoms with Gasteiger partial charge >= 0.3 is 0 Å². The summed E-state index contributed by atoms with van der Waals surface area (Å²) in [6.45, 7) is 0. The molecule has 0 saturated carbocycles. The van der Waals surface area contributed by atoms with Crippen LogP contribution in [0.1, 0.15) is 11.6 Å². The number of nitrogens with zero attached hydrogens (tertiary/aromatic N) is 6. The van der Waals surface area contributed by atoms with Gasteiger partial charge in [-0.15, -0.1) is 32.9 Å². The molecule has 0 spiro atoms. The van der Waals surface area contributed by atoms with Crippen LogP contribution in [0.4, 0.5) is 0 Å². The van der Waals surface area contributed by atoms with E-state index in [4.69, 9.17) is 9.05 Å². The topological polar surface area (TPSA) is 104 Å². The van der Waals surface area contributed by atoms with Gasteiger partial charge in [-0.25, -0.2) is 0 Å². The van der Waals surface area contributed by atoms with Gasteiger partial charge < -0.3 is 9.05 Å². The van der Waals surface area contributed by atoms with Gasteiger partial charge in [0.2, 0.25) is 0 Å². The molecule has 0 aliphatic carbocycles. The van der Waals surface area contributed by atoms with Crippen molar-refractivity contribution >= 4 is 57.5 Å². The molecule has 5 aromatic heterocycles. The Hall–Kier alpha value is -2.06. The zero-order chi connectivity index (χ0) is 19.5. The van der Waals surface area contributed by atoms with E-state index in [9.17, 15) is 0 Å². The summed E-state index contributed by atoms with van der Waals surface area (Å²) in [6, 6.07) is 7.82. The molecule has 13 heteroatoms. The minimum absolute atomic E-state index is 0.547. The van der Waals surface area contributed by atoms with Crippen LogP contribution in [0, 0.1) is 0 Å². The minimum Gasteiger partial charge on any atom is -0.333 e. The zero-order valence-corrected chi connectivity index (χ0v) is 18.5. The van der Waals surface area contributed by atoms with Crippen LogP contribution in [-0.4, -0.2) is 30.5 Å². The Labute approximate surface area is 184 Å². The fraction of sp³-hybridized carbons (Fsp3) is 0.125. The molecule has 0 aliphatic rings. The minimum atomic E-state index is 0.547. The molecule has 5 aromatic rings. The summed E-state index contributed by atoms with van der Waals surface area (Å²) in [6.07, 6.45) is 0. The first-order chi connectivity index (χ1) is 14.3. The second-order valence-corrected chi connectivity index (χ2v) is 10.7. The van der Waals surface area contributed by atoms with E-state index >= 15 is 0 Å². The van der Waals surface area contributed by atoms with E-state index in [-0.39, 0.29) is 0 Å². The summed E-state index contributed by atoms with van der Waals surface area (Å²) >= 11 is 7.72. The van der Waals surface area contributed by atoms with Crippen molar-refractivity contribution in [2.45, 2.75) is 20.2 Å². The van der Waals surface area contributed by atoms with E-state index in [1.807, 2.05) is 35.0 Å². The summed E-state index contributed by atoms with van der Waals surface area (Å²) in [7, 11) is 0. The molecule has 0 N–H and O–H groups in total. The lowest BCUT2D eigenvalue weighted by molar-refractivity contribution is 0.426. The Balaban J connectivity index is 1.14. The van der Waals surface area contributed by atoms with Gasteiger partial charge in [0.25, 0.3) is 11.8 Å². The molecule has 0 amide bonds. The largest absolute Gasteiger partial charge is 0.333 e. The van der Waals surface area contributed by atoms with Crippen LogP contribution in [-0.2, 0) is 11.5 Å². The molecule has 0 aliphatic heterocycles.